The van der Waals surface area contributed by atoms with Crippen molar-refractivity contribution in [3.8, 4) is 0 Å². The number of nitrogens with one attached hydrogen (secondary N) is 1. The lowest BCUT2D eigenvalue weighted by Gasteiger charge is -2.40. The Morgan fingerprint density at radius 1 is 0.971 bits per heavy atom. The molecule has 2 aliphatic heterocycles. The number of hydrogen-bond acceptors (Lipinski definition) is 2. The van der Waals surface area contributed by atoms with Crippen LogP contribution in [-0.2, 0) is 12.0 Å². The Balaban J connectivity index is 1.34. The van der Waals surface area contributed by atoms with Crippen LogP contribution in [0.25, 0.3) is 0 Å². The van der Waals surface area contributed by atoms with Crippen molar-refractivity contribution in [3.63, 3.8) is 0 Å². The number of urea groups is 1. The predicted molar refractivity (Wildman–Crippen MR) is 137 cm³/mol. The smallest absolute Gasteiger partial charge is 0.307 e. The van der Waals surface area contributed by atoms with Crippen LogP contribution in [0.4, 0.5) is 25.0 Å². The molecule has 182 valence electrons. The van der Waals surface area contributed by atoms with Gasteiger partial charge in [-0.15, -0.1) is 0 Å². The average Bonchev–Trinajstić information content (AvgIpc) is 3.11. The lowest BCUT2D eigenvalue weighted by atomic mass is 9.74. The molecule has 1 N–H and O–H groups in total. The molecule has 1 saturated heterocycles. The van der Waals surface area contributed by atoms with Gasteiger partial charge in [0.1, 0.15) is 11.6 Å². The molecule has 2 heterocycles. The number of halogens is 4. The predicted octanol–water partition coefficient (Wildman–Crippen LogP) is 7.17. The molecule has 3 aromatic rings. The van der Waals surface area contributed by atoms with E-state index in [1.165, 1.54) is 17.7 Å². The number of likely N-dealkylation sites (tertiary alicyclic amines) is 1. The third-order valence-electron chi connectivity index (χ3n) is 7.03. The summed E-state index contributed by atoms with van der Waals surface area (Å²) in [7, 11) is 0. The van der Waals surface area contributed by atoms with E-state index in [9.17, 15) is 13.6 Å². The number of hydrogen-bond donors (Lipinski definition) is 1. The van der Waals surface area contributed by atoms with Crippen molar-refractivity contribution in [3.05, 3.63) is 93.0 Å². The second-order valence-corrected chi connectivity index (χ2v) is 10.3. The fourth-order valence-electron chi connectivity index (χ4n) is 5.26. The van der Waals surface area contributed by atoms with Crippen LogP contribution in [0.2, 0.25) is 10.0 Å². The van der Waals surface area contributed by atoms with E-state index in [-0.39, 0.29) is 11.4 Å². The van der Waals surface area contributed by atoms with E-state index in [1.54, 1.807) is 23.1 Å². The van der Waals surface area contributed by atoms with E-state index >= 15 is 0 Å². The van der Waals surface area contributed by atoms with Gasteiger partial charge >= 0.3 is 6.03 Å². The Hall–Kier alpha value is -2.67. The van der Waals surface area contributed by atoms with E-state index in [0.29, 0.717) is 34.4 Å². The van der Waals surface area contributed by atoms with Crippen LogP contribution in [0.3, 0.4) is 0 Å². The molecule has 3 aromatic carbocycles. The van der Waals surface area contributed by atoms with Gasteiger partial charge in [0.2, 0.25) is 0 Å². The summed E-state index contributed by atoms with van der Waals surface area (Å²) < 4.78 is 27.3. The number of carbonyl (C=O) groups excluding carboxylic acids is 1. The molecular formula is C27H25Cl2F2N3O. The molecular weight excluding hydrogens is 491 g/mol. The minimum absolute atomic E-state index is 0.167. The summed E-state index contributed by atoms with van der Waals surface area (Å²) in [6.07, 6.45) is 1.69. The van der Waals surface area contributed by atoms with Crippen molar-refractivity contribution in [2.45, 2.75) is 31.7 Å². The first-order valence-corrected chi connectivity index (χ1v) is 12.3. The molecule has 2 aliphatic rings. The number of fused-ring (bicyclic) bond motifs is 2. The standard InChI is InChI=1S/C27H25Cl2F2N3O/c1-17-2-5-25-22(10-17)27(16-34(25)26(35)32-21-3-4-23(28)24(29)14-21)6-8-33(9-7-27)15-18-11-19(30)13-20(31)12-18/h2-5,10-14H,6-9,15-16H2,1H3,(H,32,35). The minimum Gasteiger partial charge on any atom is -0.307 e. The molecule has 0 aliphatic carbocycles. The maximum Gasteiger partial charge on any atom is 0.326 e. The molecule has 0 saturated carbocycles. The molecule has 0 bridgehead atoms. The zero-order valence-corrected chi connectivity index (χ0v) is 20.8. The van der Waals surface area contributed by atoms with Crippen molar-refractivity contribution in [2.75, 3.05) is 29.9 Å². The maximum atomic E-state index is 13.6. The molecule has 35 heavy (non-hydrogen) atoms. The van der Waals surface area contributed by atoms with Crippen LogP contribution in [-0.4, -0.2) is 30.6 Å². The molecule has 2 amide bonds. The van der Waals surface area contributed by atoms with Crippen molar-refractivity contribution in [1.29, 1.82) is 0 Å². The summed E-state index contributed by atoms with van der Waals surface area (Å²) >= 11 is 12.1. The third-order valence-corrected chi connectivity index (χ3v) is 7.77. The lowest BCUT2D eigenvalue weighted by Crippen LogP contribution is -2.46. The highest BCUT2D eigenvalue weighted by molar-refractivity contribution is 6.42. The zero-order valence-electron chi connectivity index (χ0n) is 19.3. The first-order valence-electron chi connectivity index (χ1n) is 11.5. The summed E-state index contributed by atoms with van der Waals surface area (Å²) in [5, 5.41) is 3.75. The normalized spacial score (nSPS) is 17.0. The highest BCUT2D eigenvalue weighted by atomic mass is 35.5. The number of anilines is 2. The zero-order chi connectivity index (χ0) is 24.7. The van der Waals surface area contributed by atoms with Gasteiger partial charge in [0.25, 0.3) is 0 Å². The minimum atomic E-state index is -0.558. The Bertz CT molecular complexity index is 1270. The maximum absolute atomic E-state index is 13.6. The van der Waals surface area contributed by atoms with Crippen molar-refractivity contribution in [2.24, 2.45) is 0 Å². The van der Waals surface area contributed by atoms with E-state index in [0.717, 1.165) is 43.2 Å². The molecule has 8 heteroatoms. The first kappa shape index (κ1) is 24.0. The Kier molecular flexibility index (Phi) is 6.47. The molecule has 4 nitrogen and oxygen atoms in total. The topological polar surface area (TPSA) is 35.6 Å². The number of carbonyl (C=O) groups is 1. The first-order chi connectivity index (χ1) is 16.7. The second-order valence-electron chi connectivity index (χ2n) is 9.50. The number of nitrogens with zero attached hydrogens (tertiary/aromatic N) is 2. The van der Waals surface area contributed by atoms with Gasteiger partial charge in [-0.3, -0.25) is 9.80 Å². The average molecular weight is 516 g/mol. The SMILES string of the molecule is Cc1ccc2c(c1)C1(CCN(Cc3cc(F)cc(F)c3)CC1)CN2C(=O)Nc1ccc(Cl)c(Cl)c1. The van der Waals surface area contributed by atoms with Crippen molar-refractivity contribution < 1.29 is 13.6 Å². The van der Waals surface area contributed by atoms with Crippen LogP contribution in [0.1, 0.15) is 29.5 Å². The van der Waals surface area contributed by atoms with Gasteiger partial charge in [0, 0.05) is 35.9 Å². The van der Waals surface area contributed by atoms with Gasteiger partial charge in [-0.1, -0.05) is 40.9 Å². The molecule has 5 rings (SSSR count). The van der Waals surface area contributed by atoms with E-state index in [4.69, 9.17) is 23.2 Å². The molecule has 0 radical (unpaired) electrons. The third kappa shape index (κ3) is 4.88. The summed E-state index contributed by atoms with van der Waals surface area (Å²) in [4.78, 5) is 17.3. The number of aryl methyl sites for hydroxylation is 1. The van der Waals surface area contributed by atoms with E-state index in [1.807, 2.05) is 12.1 Å². The highest BCUT2D eigenvalue weighted by Gasteiger charge is 2.46. The lowest BCUT2D eigenvalue weighted by molar-refractivity contribution is 0.159. The molecule has 1 spiro atoms. The number of benzene rings is 3. The quantitative estimate of drug-likeness (QED) is 0.401. The van der Waals surface area contributed by atoms with E-state index in [2.05, 4.69) is 23.2 Å². The highest BCUT2D eigenvalue weighted by Crippen LogP contribution is 2.47. The van der Waals surface area contributed by atoms with Crippen molar-refractivity contribution in [1.82, 2.24) is 4.90 Å². The monoisotopic (exact) mass is 515 g/mol. The van der Waals surface area contributed by atoms with Crippen LogP contribution in [0.5, 0.6) is 0 Å². The molecule has 0 aromatic heterocycles. The van der Waals surface area contributed by atoms with Gasteiger partial charge in [-0.25, -0.2) is 13.6 Å². The largest absolute Gasteiger partial charge is 0.326 e. The van der Waals surface area contributed by atoms with Crippen LogP contribution in [0.15, 0.2) is 54.6 Å². The van der Waals surface area contributed by atoms with Crippen LogP contribution < -0.4 is 10.2 Å². The molecule has 0 atom stereocenters. The summed E-state index contributed by atoms with van der Waals surface area (Å²) in [6, 6.07) is 14.7. The number of rotatable bonds is 3. The van der Waals surface area contributed by atoms with Gasteiger partial charge < -0.3 is 5.32 Å². The Labute approximate surface area is 213 Å². The van der Waals surface area contributed by atoms with Crippen LogP contribution >= 0.6 is 23.2 Å². The van der Waals surface area contributed by atoms with Gasteiger partial charge in [-0.2, -0.15) is 0 Å². The van der Waals surface area contributed by atoms with Crippen molar-refractivity contribution >= 4 is 40.6 Å². The van der Waals surface area contributed by atoms with Gasteiger partial charge in [-0.05, 0) is 80.4 Å². The number of amides is 2. The fourth-order valence-corrected chi connectivity index (χ4v) is 5.55. The number of piperidine rings is 1. The van der Waals surface area contributed by atoms with Crippen LogP contribution in [0, 0.1) is 18.6 Å². The summed E-state index contributed by atoms with van der Waals surface area (Å²) in [5.74, 6) is -1.12. The fraction of sp³-hybridized carbons (Fsp3) is 0.296. The Morgan fingerprint density at radius 2 is 1.69 bits per heavy atom. The van der Waals surface area contributed by atoms with E-state index < -0.39 is 11.6 Å². The second kappa shape index (κ2) is 9.41. The Morgan fingerprint density at radius 3 is 2.37 bits per heavy atom. The molecule has 0 unspecified atom stereocenters. The van der Waals surface area contributed by atoms with Gasteiger partial charge in [0.05, 0.1) is 10.0 Å². The molecule has 1 fully saturated rings. The summed E-state index contributed by atoms with van der Waals surface area (Å²) in [6.45, 7) is 4.66. The van der Waals surface area contributed by atoms with Gasteiger partial charge in [0.15, 0.2) is 0 Å². The summed E-state index contributed by atoms with van der Waals surface area (Å²) in [5.41, 5.74) is 4.28.